The lowest BCUT2D eigenvalue weighted by atomic mass is 9.91. The van der Waals surface area contributed by atoms with Crippen LogP contribution in [0.2, 0.25) is 0 Å². The van der Waals surface area contributed by atoms with Gasteiger partial charge < -0.3 is 11.1 Å². The van der Waals surface area contributed by atoms with E-state index in [0.717, 1.165) is 12.8 Å². The molecule has 1 atom stereocenters. The van der Waals surface area contributed by atoms with Gasteiger partial charge in [0.15, 0.2) is 0 Å². The lowest BCUT2D eigenvalue weighted by Crippen LogP contribution is -2.42. The molecule has 0 saturated carbocycles. The van der Waals surface area contributed by atoms with Crippen molar-refractivity contribution in [2.24, 2.45) is 5.73 Å². The molecule has 0 aliphatic heterocycles. The van der Waals surface area contributed by atoms with E-state index in [9.17, 15) is 0 Å². The Labute approximate surface area is 123 Å². The highest BCUT2D eigenvalue weighted by Crippen LogP contribution is 2.24. The Morgan fingerprint density at radius 1 is 1.20 bits per heavy atom. The molecular formula is C18H28N2. The molecule has 0 saturated heterocycles. The van der Waals surface area contributed by atoms with E-state index in [4.69, 9.17) is 5.73 Å². The van der Waals surface area contributed by atoms with Crippen LogP contribution in [-0.2, 0) is 12.8 Å². The van der Waals surface area contributed by atoms with Gasteiger partial charge in [0.1, 0.15) is 0 Å². The van der Waals surface area contributed by atoms with Crippen molar-refractivity contribution < 1.29 is 0 Å². The maximum atomic E-state index is 5.99. The first-order valence-electron chi connectivity index (χ1n) is 7.23. The van der Waals surface area contributed by atoms with Crippen molar-refractivity contribution in [3.05, 3.63) is 60.2 Å². The second-order valence-corrected chi connectivity index (χ2v) is 6.15. The van der Waals surface area contributed by atoms with Gasteiger partial charge in [-0.05, 0) is 50.3 Å². The molecule has 0 spiro atoms. The molecule has 1 unspecified atom stereocenters. The van der Waals surface area contributed by atoms with Gasteiger partial charge in [-0.25, -0.2) is 0 Å². The van der Waals surface area contributed by atoms with E-state index in [-0.39, 0.29) is 11.6 Å². The number of rotatable bonds is 7. The average Bonchev–Trinajstić information content (AvgIpc) is 2.37. The molecule has 0 radical (unpaired) electrons. The minimum absolute atomic E-state index is 0.0317. The summed E-state index contributed by atoms with van der Waals surface area (Å²) in [7, 11) is 0. The van der Waals surface area contributed by atoms with Crippen molar-refractivity contribution in [1.29, 1.82) is 0 Å². The normalized spacial score (nSPS) is 13.0. The zero-order chi connectivity index (χ0) is 15.2. The maximum absolute atomic E-state index is 5.99. The monoisotopic (exact) mass is 272 g/mol. The molecule has 0 aliphatic rings. The molecule has 0 amide bonds. The average molecular weight is 272 g/mol. The SMILES string of the molecule is C=CCc1cccc(C(CN)NC(C)(C)C)c1CC=C. The molecule has 2 nitrogen and oxygen atoms in total. The number of hydrogen-bond donors (Lipinski definition) is 2. The van der Waals surface area contributed by atoms with Gasteiger partial charge in [-0.1, -0.05) is 30.4 Å². The van der Waals surface area contributed by atoms with E-state index < -0.39 is 0 Å². The summed E-state index contributed by atoms with van der Waals surface area (Å²) in [6.07, 6.45) is 5.64. The third kappa shape index (κ3) is 4.62. The van der Waals surface area contributed by atoms with Crippen molar-refractivity contribution in [2.45, 2.75) is 45.2 Å². The molecular weight excluding hydrogens is 244 g/mol. The van der Waals surface area contributed by atoms with E-state index in [2.05, 4.69) is 57.4 Å². The van der Waals surface area contributed by atoms with Gasteiger partial charge in [-0.3, -0.25) is 0 Å². The summed E-state index contributed by atoms with van der Waals surface area (Å²) < 4.78 is 0. The molecule has 2 heteroatoms. The minimum Gasteiger partial charge on any atom is -0.329 e. The molecule has 110 valence electrons. The summed E-state index contributed by atoms with van der Waals surface area (Å²) >= 11 is 0. The highest BCUT2D eigenvalue weighted by Gasteiger charge is 2.20. The molecule has 0 heterocycles. The highest BCUT2D eigenvalue weighted by atomic mass is 15.0. The summed E-state index contributed by atoms with van der Waals surface area (Å²) in [5.41, 5.74) is 9.94. The summed E-state index contributed by atoms with van der Waals surface area (Å²) in [6.45, 7) is 14.8. The minimum atomic E-state index is 0.0317. The van der Waals surface area contributed by atoms with Crippen LogP contribution in [0.15, 0.2) is 43.5 Å². The number of nitrogens with two attached hydrogens (primary N) is 1. The lowest BCUT2D eigenvalue weighted by Gasteiger charge is -2.30. The predicted molar refractivity (Wildman–Crippen MR) is 88.9 cm³/mol. The van der Waals surface area contributed by atoms with Gasteiger partial charge in [-0.15, -0.1) is 13.2 Å². The summed E-state index contributed by atoms with van der Waals surface area (Å²) in [5, 5.41) is 3.61. The number of hydrogen-bond acceptors (Lipinski definition) is 2. The first kappa shape index (κ1) is 16.7. The second-order valence-electron chi connectivity index (χ2n) is 6.15. The zero-order valence-electron chi connectivity index (χ0n) is 13.1. The zero-order valence-corrected chi connectivity index (χ0v) is 13.1. The molecule has 1 aromatic rings. The molecule has 0 fully saturated rings. The standard InChI is InChI=1S/C18H28N2/c1-6-9-14-11-8-12-16(15(14)10-7-2)17(13-19)20-18(3,4)5/h6-8,11-12,17,20H,1-2,9-10,13,19H2,3-5H3. The van der Waals surface area contributed by atoms with Crippen molar-refractivity contribution >= 4 is 0 Å². The lowest BCUT2D eigenvalue weighted by molar-refractivity contribution is 0.366. The van der Waals surface area contributed by atoms with Crippen LogP contribution >= 0.6 is 0 Å². The Hall–Kier alpha value is -1.38. The summed E-state index contributed by atoms with van der Waals surface area (Å²) in [5.74, 6) is 0. The number of nitrogens with one attached hydrogen (secondary N) is 1. The fourth-order valence-corrected chi connectivity index (χ4v) is 2.51. The molecule has 0 aromatic heterocycles. The molecule has 1 rings (SSSR count). The van der Waals surface area contributed by atoms with Crippen LogP contribution in [0, 0.1) is 0 Å². The predicted octanol–water partition coefficient (Wildman–Crippen LogP) is 3.53. The highest BCUT2D eigenvalue weighted by molar-refractivity contribution is 5.40. The largest absolute Gasteiger partial charge is 0.329 e. The van der Waals surface area contributed by atoms with E-state index >= 15 is 0 Å². The van der Waals surface area contributed by atoms with Gasteiger partial charge in [0.2, 0.25) is 0 Å². The fraction of sp³-hybridized carbons (Fsp3) is 0.444. The van der Waals surface area contributed by atoms with E-state index in [1.165, 1.54) is 16.7 Å². The van der Waals surface area contributed by atoms with Gasteiger partial charge >= 0.3 is 0 Å². The van der Waals surface area contributed by atoms with Crippen LogP contribution in [-0.4, -0.2) is 12.1 Å². The first-order valence-corrected chi connectivity index (χ1v) is 7.23. The number of benzene rings is 1. The molecule has 20 heavy (non-hydrogen) atoms. The molecule has 1 aromatic carbocycles. The van der Waals surface area contributed by atoms with Gasteiger partial charge in [-0.2, -0.15) is 0 Å². The van der Waals surface area contributed by atoms with Crippen LogP contribution < -0.4 is 11.1 Å². The third-order valence-corrected chi connectivity index (χ3v) is 3.24. The van der Waals surface area contributed by atoms with Crippen LogP contribution in [0.4, 0.5) is 0 Å². The Morgan fingerprint density at radius 3 is 2.35 bits per heavy atom. The topological polar surface area (TPSA) is 38.0 Å². The van der Waals surface area contributed by atoms with E-state index in [0.29, 0.717) is 6.54 Å². The van der Waals surface area contributed by atoms with Crippen LogP contribution in [0.5, 0.6) is 0 Å². The fourth-order valence-electron chi connectivity index (χ4n) is 2.51. The molecule has 0 bridgehead atoms. The van der Waals surface area contributed by atoms with Crippen LogP contribution in [0.25, 0.3) is 0 Å². The van der Waals surface area contributed by atoms with Crippen molar-refractivity contribution in [2.75, 3.05) is 6.54 Å². The molecule has 3 N–H and O–H groups in total. The number of allylic oxidation sites excluding steroid dienone is 2. The Kier molecular flexibility index (Phi) is 6.18. The van der Waals surface area contributed by atoms with Crippen molar-refractivity contribution in [3.8, 4) is 0 Å². The maximum Gasteiger partial charge on any atom is 0.0451 e. The Balaban J connectivity index is 3.22. The summed E-state index contributed by atoms with van der Waals surface area (Å²) in [6, 6.07) is 6.60. The Bertz CT molecular complexity index is 455. The van der Waals surface area contributed by atoms with E-state index in [1.54, 1.807) is 0 Å². The van der Waals surface area contributed by atoms with Gasteiger partial charge in [0.05, 0.1) is 0 Å². The van der Waals surface area contributed by atoms with Crippen LogP contribution in [0.3, 0.4) is 0 Å². The van der Waals surface area contributed by atoms with Crippen LogP contribution in [0.1, 0.15) is 43.5 Å². The van der Waals surface area contributed by atoms with Crippen molar-refractivity contribution in [1.82, 2.24) is 5.32 Å². The smallest absolute Gasteiger partial charge is 0.0451 e. The third-order valence-electron chi connectivity index (χ3n) is 3.24. The van der Waals surface area contributed by atoms with Gasteiger partial charge in [0.25, 0.3) is 0 Å². The molecule has 0 aliphatic carbocycles. The van der Waals surface area contributed by atoms with Gasteiger partial charge in [0, 0.05) is 18.1 Å². The van der Waals surface area contributed by atoms with E-state index in [1.807, 2.05) is 12.2 Å². The first-order chi connectivity index (χ1) is 9.42. The summed E-state index contributed by atoms with van der Waals surface area (Å²) in [4.78, 5) is 0. The quantitative estimate of drug-likeness (QED) is 0.745. The van der Waals surface area contributed by atoms with Crippen molar-refractivity contribution in [3.63, 3.8) is 0 Å². The Morgan fingerprint density at radius 2 is 1.85 bits per heavy atom. The second kappa shape index (κ2) is 7.41.